The van der Waals surface area contributed by atoms with Gasteiger partial charge in [0.25, 0.3) is 10.0 Å². The Morgan fingerprint density at radius 3 is 2.52 bits per heavy atom. The second-order valence-corrected chi connectivity index (χ2v) is 8.16. The molecule has 3 heterocycles. The van der Waals surface area contributed by atoms with Crippen molar-refractivity contribution in [1.29, 1.82) is 0 Å². The molecule has 1 aromatic carbocycles. The van der Waals surface area contributed by atoms with E-state index in [0.717, 1.165) is 19.5 Å². The zero-order valence-corrected chi connectivity index (χ0v) is 13.9. The SMILES string of the molecule is Cn1nccc1S(=O)(=O)N1C[C@@H]2C[C@H]1CN2Cc1ccccc1. The monoisotopic (exact) mass is 332 g/mol. The number of sulfonamides is 1. The molecule has 2 aliphatic rings. The molecule has 2 aromatic rings. The first-order valence-corrected chi connectivity index (χ1v) is 9.27. The van der Waals surface area contributed by atoms with Crippen LogP contribution < -0.4 is 0 Å². The van der Waals surface area contributed by atoms with Crippen LogP contribution in [-0.4, -0.2) is 52.6 Å². The number of likely N-dealkylation sites (tertiary alicyclic amines) is 1. The lowest BCUT2D eigenvalue weighted by molar-refractivity contribution is 0.174. The first-order valence-electron chi connectivity index (χ1n) is 7.83. The van der Waals surface area contributed by atoms with Crippen LogP contribution in [0.2, 0.25) is 0 Å². The third kappa shape index (κ3) is 2.49. The fourth-order valence-electron chi connectivity index (χ4n) is 3.75. The average molecular weight is 332 g/mol. The van der Waals surface area contributed by atoms with Crippen LogP contribution in [0.15, 0.2) is 47.6 Å². The number of benzene rings is 1. The molecule has 23 heavy (non-hydrogen) atoms. The topological polar surface area (TPSA) is 58.4 Å². The van der Waals surface area contributed by atoms with E-state index in [-0.39, 0.29) is 11.1 Å². The summed E-state index contributed by atoms with van der Waals surface area (Å²) in [4.78, 5) is 2.40. The second kappa shape index (κ2) is 5.43. The molecule has 0 spiro atoms. The molecular weight excluding hydrogens is 312 g/mol. The minimum atomic E-state index is -3.45. The van der Waals surface area contributed by atoms with E-state index >= 15 is 0 Å². The highest BCUT2D eigenvalue weighted by molar-refractivity contribution is 7.89. The van der Waals surface area contributed by atoms with Gasteiger partial charge in [0.2, 0.25) is 0 Å². The average Bonchev–Trinajstić information content (AvgIpc) is 3.23. The molecule has 0 N–H and O–H groups in total. The predicted octanol–water partition coefficient (Wildman–Crippen LogP) is 1.07. The zero-order valence-electron chi connectivity index (χ0n) is 13.0. The summed E-state index contributed by atoms with van der Waals surface area (Å²) >= 11 is 0. The molecular formula is C16H20N4O2S. The van der Waals surface area contributed by atoms with Crippen LogP contribution in [0, 0.1) is 0 Å². The molecule has 7 heteroatoms. The van der Waals surface area contributed by atoms with Gasteiger partial charge >= 0.3 is 0 Å². The van der Waals surface area contributed by atoms with Crippen LogP contribution in [0.1, 0.15) is 12.0 Å². The lowest BCUT2D eigenvalue weighted by Crippen LogP contribution is -2.48. The Hall–Kier alpha value is -1.70. The molecule has 4 rings (SSSR count). The van der Waals surface area contributed by atoms with E-state index in [2.05, 4.69) is 22.1 Å². The molecule has 0 radical (unpaired) electrons. The highest BCUT2D eigenvalue weighted by atomic mass is 32.2. The van der Waals surface area contributed by atoms with Crippen molar-refractivity contribution >= 4 is 10.0 Å². The molecule has 0 unspecified atom stereocenters. The van der Waals surface area contributed by atoms with Gasteiger partial charge in [-0.25, -0.2) is 8.42 Å². The number of fused-ring (bicyclic) bond motifs is 2. The Kier molecular flexibility index (Phi) is 3.51. The summed E-state index contributed by atoms with van der Waals surface area (Å²) in [5, 5.41) is 4.27. The zero-order chi connectivity index (χ0) is 16.0. The van der Waals surface area contributed by atoms with Gasteiger partial charge in [-0.05, 0) is 18.1 Å². The van der Waals surface area contributed by atoms with Crippen molar-refractivity contribution in [2.75, 3.05) is 13.1 Å². The summed E-state index contributed by atoms with van der Waals surface area (Å²) in [6, 6.07) is 12.3. The van der Waals surface area contributed by atoms with E-state index in [0.29, 0.717) is 12.6 Å². The van der Waals surface area contributed by atoms with Gasteiger partial charge in [-0.15, -0.1) is 0 Å². The largest absolute Gasteiger partial charge is 0.293 e. The van der Waals surface area contributed by atoms with Gasteiger partial charge in [0, 0.05) is 38.8 Å². The third-order valence-electron chi connectivity index (χ3n) is 4.88. The maximum atomic E-state index is 12.8. The standard InChI is InChI=1S/C16H20N4O2S/c1-18-16(7-8-17-18)23(21,22)20-12-14-9-15(20)11-19(14)10-13-5-3-2-4-6-13/h2-8,14-15H,9-12H2,1H3/t14-,15-/m0/s1. The van der Waals surface area contributed by atoms with E-state index < -0.39 is 10.0 Å². The van der Waals surface area contributed by atoms with Crippen molar-refractivity contribution < 1.29 is 8.42 Å². The third-order valence-corrected chi connectivity index (χ3v) is 6.87. The number of hydrogen-bond donors (Lipinski definition) is 0. The van der Waals surface area contributed by atoms with Gasteiger partial charge in [0.15, 0.2) is 5.03 Å². The van der Waals surface area contributed by atoms with Crippen molar-refractivity contribution in [2.24, 2.45) is 7.05 Å². The molecule has 0 aliphatic carbocycles. The van der Waals surface area contributed by atoms with Crippen LogP contribution in [0.3, 0.4) is 0 Å². The highest BCUT2D eigenvalue weighted by Crippen LogP contribution is 2.35. The molecule has 2 aliphatic heterocycles. The molecule has 2 fully saturated rings. The van der Waals surface area contributed by atoms with Crippen LogP contribution >= 0.6 is 0 Å². The normalized spacial score (nSPS) is 25.3. The summed E-state index contributed by atoms with van der Waals surface area (Å²) in [6.45, 7) is 2.27. The van der Waals surface area contributed by atoms with Gasteiger partial charge in [-0.2, -0.15) is 9.40 Å². The quantitative estimate of drug-likeness (QED) is 0.840. The number of aromatic nitrogens is 2. The molecule has 0 amide bonds. The molecule has 122 valence electrons. The van der Waals surface area contributed by atoms with E-state index in [1.807, 2.05) is 18.2 Å². The molecule has 1 aromatic heterocycles. The first kappa shape index (κ1) is 14.9. The Morgan fingerprint density at radius 1 is 1.13 bits per heavy atom. The Morgan fingerprint density at radius 2 is 1.91 bits per heavy atom. The summed E-state index contributed by atoms with van der Waals surface area (Å²) < 4.78 is 28.7. The van der Waals surface area contributed by atoms with Gasteiger partial charge < -0.3 is 0 Å². The van der Waals surface area contributed by atoms with Crippen molar-refractivity contribution in [2.45, 2.75) is 30.1 Å². The second-order valence-electron chi connectivity index (χ2n) is 6.33. The van der Waals surface area contributed by atoms with Crippen LogP contribution in [0.4, 0.5) is 0 Å². The molecule has 2 bridgehead atoms. The van der Waals surface area contributed by atoms with E-state index in [1.54, 1.807) is 17.4 Å². The van der Waals surface area contributed by atoms with Crippen molar-refractivity contribution in [3.63, 3.8) is 0 Å². The van der Waals surface area contributed by atoms with E-state index in [9.17, 15) is 8.42 Å². The lowest BCUT2D eigenvalue weighted by atomic mass is 10.2. The van der Waals surface area contributed by atoms with Crippen molar-refractivity contribution in [3.8, 4) is 0 Å². The number of hydrogen-bond acceptors (Lipinski definition) is 4. The summed E-state index contributed by atoms with van der Waals surface area (Å²) in [5.74, 6) is 0. The minimum absolute atomic E-state index is 0.0728. The minimum Gasteiger partial charge on any atom is -0.293 e. The van der Waals surface area contributed by atoms with Gasteiger partial charge in [-0.3, -0.25) is 9.58 Å². The molecule has 0 saturated carbocycles. The molecule has 2 atom stereocenters. The van der Waals surface area contributed by atoms with E-state index in [1.165, 1.54) is 16.4 Å². The first-order chi connectivity index (χ1) is 11.1. The van der Waals surface area contributed by atoms with Crippen LogP contribution in [-0.2, 0) is 23.6 Å². The van der Waals surface area contributed by atoms with Gasteiger partial charge in [0.1, 0.15) is 0 Å². The predicted molar refractivity (Wildman–Crippen MR) is 86.1 cm³/mol. The molecule has 6 nitrogen and oxygen atoms in total. The lowest BCUT2D eigenvalue weighted by Gasteiger charge is -2.33. The summed E-state index contributed by atoms with van der Waals surface area (Å²) in [5.41, 5.74) is 1.28. The number of nitrogens with zero attached hydrogens (tertiary/aromatic N) is 4. The Balaban J connectivity index is 1.50. The van der Waals surface area contributed by atoms with E-state index in [4.69, 9.17) is 0 Å². The fraction of sp³-hybridized carbons (Fsp3) is 0.438. The van der Waals surface area contributed by atoms with Crippen molar-refractivity contribution in [3.05, 3.63) is 48.2 Å². The highest BCUT2D eigenvalue weighted by Gasteiger charge is 2.48. The smallest absolute Gasteiger partial charge is 0.260 e. The maximum absolute atomic E-state index is 12.8. The molecule has 2 saturated heterocycles. The number of rotatable bonds is 4. The van der Waals surface area contributed by atoms with Crippen LogP contribution in [0.25, 0.3) is 0 Å². The Bertz CT molecular complexity index is 802. The maximum Gasteiger partial charge on any atom is 0.260 e. The van der Waals surface area contributed by atoms with Crippen molar-refractivity contribution in [1.82, 2.24) is 19.0 Å². The van der Waals surface area contributed by atoms with Gasteiger partial charge in [-0.1, -0.05) is 30.3 Å². The van der Waals surface area contributed by atoms with Crippen LogP contribution in [0.5, 0.6) is 0 Å². The number of piperazine rings is 1. The summed E-state index contributed by atoms with van der Waals surface area (Å²) in [7, 11) is -1.78. The summed E-state index contributed by atoms with van der Waals surface area (Å²) in [6.07, 6.45) is 2.45. The Labute approximate surface area is 136 Å². The number of aryl methyl sites for hydroxylation is 1. The van der Waals surface area contributed by atoms with Gasteiger partial charge in [0.05, 0.1) is 6.20 Å². The fourth-order valence-corrected chi connectivity index (χ4v) is 5.52.